The quantitative estimate of drug-likeness (QED) is 0.794. The van der Waals surface area contributed by atoms with E-state index in [-0.39, 0.29) is 10.8 Å². The van der Waals surface area contributed by atoms with Gasteiger partial charge in [-0.15, -0.1) is 21.8 Å². The fourth-order valence-corrected chi connectivity index (χ4v) is 3.90. The number of alkyl halides is 1. The minimum Gasteiger partial charge on any atom is -0.167 e. The summed E-state index contributed by atoms with van der Waals surface area (Å²) in [6.45, 7) is 6.85. The SMILES string of the molecule is CC1CCC(C(C)(C)Cc2nnn(C)n2)C(Cl)C1. The number of tetrazole rings is 1. The zero-order valence-electron chi connectivity index (χ0n) is 11.7. The number of halogens is 1. The molecule has 0 amide bonds. The minimum atomic E-state index is 0.135. The predicted molar refractivity (Wildman–Crippen MR) is 72.4 cm³/mol. The van der Waals surface area contributed by atoms with Gasteiger partial charge in [0.2, 0.25) is 0 Å². The summed E-state index contributed by atoms with van der Waals surface area (Å²) in [5.74, 6) is 2.12. The molecule has 1 aliphatic carbocycles. The van der Waals surface area contributed by atoms with Gasteiger partial charge in [-0.25, -0.2) is 0 Å². The summed E-state index contributed by atoms with van der Waals surface area (Å²) in [5, 5.41) is 12.6. The lowest BCUT2D eigenvalue weighted by molar-refractivity contribution is 0.139. The molecule has 1 heterocycles. The highest BCUT2D eigenvalue weighted by molar-refractivity contribution is 6.20. The van der Waals surface area contributed by atoms with Gasteiger partial charge in [0.25, 0.3) is 0 Å². The van der Waals surface area contributed by atoms with Crippen LogP contribution >= 0.6 is 11.6 Å². The van der Waals surface area contributed by atoms with Gasteiger partial charge in [-0.3, -0.25) is 0 Å². The molecule has 3 unspecified atom stereocenters. The van der Waals surface area contributed by atoms with Crippen molar-refractivity contribution in [3.8, 4) is 0 Å². The first-order chi connectivity index (χ1) is 8.38. The predicted octanol–water partition coefficient (Wildman–Crippen LogP) is 2.82. The standard InChI is InChI=1S/C13H23ClN4/c1-9-5-6-10(11(14)7-9)13(2,3)8-12-15-17-18(4)16-12/h9-11H,5-8H2,1-4H3. The van der Waals surface area contributed by atoms with Gasteiger partial charge in [0.05, 0.1) is 7.05 Å². The Balaban J connectivity index is 2.05. The zero-order chi connectivity index (χ0) is 13.3. The molecular formula is C13H23ClN4. The molecule has 0 saturated heterocycles. The number of aromatic nitrogens is 4. The highest BCUT2D eigenvalue weighted by Crippen LogP contribution is 2.44. The van der Waals surface area contributed by atoms with Crippen molar-refractivity contribution < 1.29 is 0 Å². The number of hydrogen-bond donors (Lipinski definition) is 0. The van der Waals surface area contributed by atoms with Crippen molar-refractivity contribution in [3.05, 3.63) is 5.82 Å². The van der Waals surface area contributed by atoms with Crippen LogP contribution in [0.3, 0.4) is 0 Å². The Bertz CT molecular complexity index is 401. The molecule has 0 spiro atoms. The Morgan fingerprint density at radius 1 is 1.39 bits per heavy atom. The second-order valence-electron chi connectivity index (χ2n) is 6.40. The lowest BCUT2D eigenvalue weighted by atomic mass is 9.67. The van der Waals surface area contributed by atoms with Crippen LogP contribution in [0.25, 0.3) is 0 Å². The van der Waals surface area contributed by atoms with Crippen LogP contribution in [-0.4, -0.2) is 25.6 Å². The third kappa shape index (κ3) is 3.02. The van der Waals surface area contributed by atoms with Crippen molar-refractivity contribution in [3.63, 3.8) is 0 Å². The third-order valence-electron chi connectivity index (χ3n) is 4.20. The van der Waals surface area contributed by atoms with Crippen molar-refractivity contribution in [2.24, 2.45) is 24.3 Å². The van der Waals surface area contributed by atoms with E-state index in [1.165, 1.54) is 17.6 Å². The van der Waals surface area contributed by atoms with Crippen LogP contribution in [-0.2, 0) is 13.5 Å². The molecule has 18 heavy (non-hydrogen) atoms. The highest BCUT2D eigenvalue weighted by Gasteiger charge is 2.38. The van der Waals surface area contributed by atoms with Crippen molar-refractivity contribution >= 4 is 11.6 Å². The Morgan fingerprint density at radius 3 is 2.67 bits per heavy atom. The van der Waals surface area contributed by atoms with Crippen molar-refractivity contribution in [1.82, 2.24) is 20.2 Å². The summed E-state index contributed by atoms with van der Waals surface area (Å²) in [4.78, 5) is 1.52. The molecule has 3 atom stereocenters. The second kappa shape index (κ2) is 5.16. The van der Waals surface area contributed by atoms with Gasteiger partial charge in [-0.2, -0.15) is 4.80 Å². The highest BCUT2D eigenvalue weighted by atomic mass is 35.5. The van der Waals surface area contributed by atoms with E-state index < -0.39 is 0 Å². The van der Waals surface area contributed by atoms with Gasteiger partial charge in [0.1, 0.15) is 0 Å². The summed E-state index contributed by atoms with van der Waals surface area (Å²) in [5.41, 5.74) is 0.135. The maximum Gasteiger partial charge on any atom is 0.175 e. The Morgan fingerprint density at radius 2 is 2.11 bits per heavy atom. The smallest absolute Gasteiger partial charge is 0.167 e. The summed E-state index contributed by atoms with van der Waals surface area (Å²) >= 11 is 6.57. The van der Waals surface area contributed by atoms with Gasteiger partial charge in [0, 0.05) is 11.8 Å². The van der Waals surface area contributed by atoms with Crippen LogP contribution in [0.4, 0.5) is 0 Å². The van der Waals surface area contributed by atoms with E-state index in [0.29, 0.717) is 5.92 Å². The van der Waals surface area contributed by atoms with Crippen LogP contribution in [0.1, 0.15) is 45.9 Å². The largest absolute Gasteiger partial charge is 0.175 e. The van der Waals surface area contributed by atoms with E-state index in [4.69, 9.17) is 11.6 Å². The van der Waals surface area contributed by atoms with Crippen molar-refractivity contribution in [1.29, 1.82) is 0 Å². The Labute approximate surface area is 114 Å². The number of rotatable bonds is 3. The van der Waals surface area contributed by atoms with Crippen LogP contribution in [0.15, 0.2) is 0 Å². The topological polar surface area (TPSA) is 43.6 Å². The first-order valence-electron chi connectivity index (χ1n) is 6.75. The molecular weight excluding hydrogens is 248 g/mol. The van der Waals surface area contributed by atoms with E-state index in [0.717, 1.165) is 24.6 Å². The summed E-state index contributed by atoms with van der Waals surface area (Å²) in [7, 11) is 1.80. The Hall–Kier alpha value is -0.640. The van der Waals surface area contributed by atoms with Gasteiger partial charge in [-0.05, 0) is 35.3 Å². The lowest BCUT2D eigenvalue weighted by Crippen LogP contribution is -2.37. The molecule has 1 aromatic heterocycles. The summed E-state index contributed by atoms with van der Waals surface area (Å²) in [6.07, 6.45) is 4.47. The lowest BCUT2D eigenvalue weighted by Gasteiger charge is -2.41. The van der Waals surface area contributed by atoms with Gasteiger partial charge < -0.3 is 0 Å². The molecule has 1 fully saturated rings. The second-order valence-corrected chi connectivity index (χ2v) is 6.96. The average molecular weight is 271 g/mol. The molecule has 0 radical (unpaired) electrons. The van der Waals surface area contributed by atoms with E-state index in [1.54, 1.807) is 7.05 Å². The average Bonchev–Trinajstić information content (AvgIpc) is 2.62. The van der Waals surface area contributed by atoms with Crippen LogP contribution in [0.5, 0.6) is 0 Å². The molecule has 1 aliphatic rings. The minimum absolute atomic E-state index is 0.135. The first-order valence-corrected chi connectivity index (χ1v) is 7.19. The van der Waals surface area contributed by atoms with Gasteiger partial charge in [0.15, 0.2) is 5.82 Å². The first kappa shape index (κ1) is 13.8. The molecule has 2 rings (SSSR count). The molecule has 1 saturated carbocycles. The summed E-state index contributed by atoms with van der Waals surface area (Å²) < 4.78 is 0. The normalized spacial score (nSPS) is 29.5. The van der Waals surface area contributed by atoms with Gasteiger partial charge >= 0.3 is 0 Å². The van der Waals surface area contributed by atoms with Crippen LogP contribution < -0.4 is 0 Å². The van der Waals surface area contributed by atoms with E-state index in [1.807, 2.05) is 0 Å². The van der Waals surface area contributed by atoms with E-state index >= 15 is 0 Å². The number of hydrogen-bond acceptors (Lipinski definition) is 3. The Kier molecular flexibility index (Phi) is 3.95. The number of aryl methyl sites for hydroxylation is 1. The van der Waals surface area contributed by atoms with E-state index in [9.17, 15) is 0 Å². The molecule has 0 N–H and O–H groups in total. The molecule has 4 nitrogen and oxygen atoms in total. The summed E-state index contributed by atoms with van der Waals surface area (Å²) in [6, 6.07) is 0. The molecule has 0 aliphatic heterocycles. The maximum absolute atomic E-state index is 6.57. The van der Waals surface area contributed by atoms with Crippen molar-refractivity contribution in [2.75, 3.05) is 0 Å². The molecule has 1 aromatic rings. The maximum atomic E-state index is 6.57. The van der Waals surface area contributed by atoms with E-state index in [2.05, 4.69) is 36.2 Å². The molecule has 0 bridgehead atoms. The van der Waals surface area contributed by atoms with Crippen LogP contribution in [0, 0.1) is 17.3 Å². The number of nitrogens with zero attached hydrogens (tertiary/aromatic N) is 4. The fraction of sp³-hybridized carbons (Fsp3) is 0.923. The monoisotopic (exact) mass is 270 g/mol. The molecule has 102 valence electrons. The zero-order valence-corrected chi connectivity index (χ0v) is 12.5. The third-order valence-corrected chi connectivity index (χ3v) is 4.68. The van der Waals surface area contributed by atoms with Gasteiger partial charge in [-0.1, -0.05) is 27.2 Å². The fourth-order valence-electron chi connectivity index (χ4n) is 3.12. The molecule has 5 heteroatoms. The molecule has 0 aromatic carbocycles. The van der Waals surface area contributed by atoms with Crippen LogP contribution in [0.2, 0.25) is 0 Å². The van der Waals surface area contributed by atoms with Crippen molar-refractivity contribution in [2.45, 2.75) is 51.8 Å².